The molecule has 9 heteroatoms. The third kappa shape index (κ3) is 5.29. The number of carbonyl (C=O) groups excluding carboxylic acids is 2. The number of aryl methyl sites for hydroxylation is 1. The van der Waals surface area contributed by atoms with Crippen molar-refractivity contribution >= 4 is 39.2 Å². The number of nitrogens with one attached hydrogen (secondary N) is 1. The highest BCUT2D eigenvalue weighted by Crippen LogP contribution is 2.20. The SMILES string of the molecule is Cc1ccc(NC(=O)COC(=O)c2ccc(S(=O)(=O)N(C)C)cc2)cc1Cl. The summed E-state index contributed by atoms with van der Waals surface area (Å²) in [5.41, 5.74) is 1.50. The van der Waals surface area contributed by atoms with Gasteiger partial charge in [-0.3, -0.25) is 4.79 Å². The van der Waals surface area contributed by atoms with Crippen LogP contribution in [0.15, 0.2) is 47.4 Å². The molecule has 0 spiro atoms. The summed E-state index contributed by atoms with van der Waals surface area (Å²) < 4.78 is 30.0. The van der Waals surface area contributed by atoms with E-state index in [-0.39, 0.29) is 10.5 Å². The molecule has 0 saturated heterocycles. The highest BCUT2D eigenvalue weighted by atomic mass is 35.5. The number of amides is 1. The van der Waals surface area contributed by atoms with Gasteiger partial charge in [-0.15, -0.1) is 0 Å². The number of ether oxygens (including phenoxy) is 1. The lowest BCUT2D eigenvalue weighted by Gasteiger charge is -2.11. The molecule has 1 amide bonds. The van der Waals surface area contributed by atoms with E-state index in [2.05, 4.69) is 5.32 Å². The topological polar surface area (TPSA) is 92.8 Å². The van der Waals surface area contributed by atoms with E-state index in [4.69, 9.17) is 16.3 Å². The molecule has 0 atom stereocenters. The molecule has 0 aliphatic carbocycles. The predicted molar refractivity (Wildman–Crippen MR) is 102 cm³/mol. The smallest absolute Gasteiger partial charge is 0.338 e. The quantitative estimate of drug-likeness (QED) is 0.739. The zero-order valence-electron chi connectivity index (χ0n) is 15.0. The molecular formula is C18H19ClN2O5S. The van der Waals surface area contributed by atoms with E-state index in [0.29, 0.717) is 10.7 Å². The molecule has 0 unspecified atom stereocenters. The molecule has 0 bridgehead atoms. The van der Waals surface area contributed by atoms with Crippen LogP contribution in [0.3, 0.4) is 0 Å². The van der Waals surface area contributed by atoms with Crippen molar-refractivity contribution in [1.82, 2.24) is 4.31 Å². The van der Waals surface area contributed by atoms with Gasteiger partial charge in [0.1, 0.15) is 0 Å². The van der Waals surface area contributed by atoms with Crippen molar-refractivity contribution in [3.8, 4) is 0 Å². The molecule has 0 aromatic heterocycles. The first-order valence-electron chi connectivity index (χ1n) is 7.87. The number of anilines is 1. The van der Waals surface area contributed by atoms with Crippen LogP contribution in [0, 0.1) is 6.92 Å². The minimum Gasteiger partial charge on any atom is -0.452 e. The van der Waals surface area contributed by atoms with Crippen molar-refractivity contribution < 1.29 is 22.7 Å². The number of hydrogen-bond donors (Lipinski definition) is 1. The Kier molecular flexibility index (Phi) is 6.59. The Morgan fingerprint density at radius 2 is 1.74 bits per heavy atom. The Hall–Kier alpha value is -2.42. The summed E-state index contributed by atoms with van der Waals surface area (Å²) in [6.45, 7) is 1.35. The van der Waals surface area contributed by atoms with E-state index < -0.39 is 28.5 Å². The summed E-state index contributed by atoms with van der Waals surface area (Å²) in [5, 5.41) is 3.08. The zero-order chi connectivity index (χ0) is 20.2. The molecule has 0 fully saturated rings. The third-order valence-corrected chi connectivity index (χ3v) is 5.90. The Balaban J connectivity index is 1.95. The lowest BCUT2D eigenvalue weighted by molar-refractivity contribution is -0.119. The van der Waals surface area contributed by atoms with E-state index in [9.17, 15) is 18.0 Å². The lowest BCUT2D eigenvalue weighted by atomic mass is 10.2. The van der Waals surface area contributed by atoms with E-state index in [1.807, 2.05) is 6.92 Å². The maximum absolute atomic E-state index is 12.0. The van der Waals surface area contributed by atoms with Crippen molar-refractivity contribution in [2.24, 2.45) is 0 Å². The maximum atomic E-state index is 12.0. The number of esters is 1. The standard InChI is InChI=1S/C18H19ClN2O5S/c1-12-4-7-14(10-16(12)19)20-17(22)11-26-18(23)13-5-8-15(9-6-13)27(24,25)21(2)3/h4-10H,11H2,1-3H3,(H,20,22). The van der Waals surface area contributed by atoms with Crippen LogP contribution in [0.25, 0.3) is 0 Å². The minimum atomic E-state index is -3.58. The Labute approximate surface area is 162 Å². The summed E-state index contributed by atoms with van der Waals surface area (Å²) in [7, 11) is -0.752. The summed E-state index contributed by atoms with van der Waals surface area (Å²) in [4.78, 5) is 24.0. The molecule has 144 valence electrons. The molecule has 2 aromatic rings. The van der Waals surface area contributed by atoms with Crippen LogP contribution in [0.1, 0.15) is 15.9 Å². The van der Waals surface area contributed by atoms with Gasteiger partial charge in [0.15, 0.2) is 6.61 Å². The van der Waals surface area contributed by atoms with E-state index in [1.54, 1.807) is 18.2 Å². The van der Waals surface area contributed by atoms with Gasteiger partial charge in [0.2, 0.25) is 10.0 Å². The average Bonchev–Trinajstić information content (AvgIpc) is 2.62. The van der Waals surface area contributed by atoms with Crippen LogP contribution >= 0.6 is 11.6 Å². The number of halogens is 1. The van der Waals surface area contributed by atoms with Crippen LogP contribution in [-0.2, 0) is 19.6 Å². The Morgan fingerprint density at radius 3 is 2.30 bits per heavy atom. The number of benzene rings is 2. The van der Waals surface area contributed by atoms with Gasteiger partial charge >= 0.3 is 5.97 Å². The number of carbonyl (C=O) groups is 2. The van der Waals surface area contributed by atoms with Crippen molar-refractivity contribution in [1.29, 1.82) is 0 Å². The van der Waals surface area contributed by atoms with E-state index in [0.717, 1.165) is 9.87 Å². The van der Waals surface area contributed by atoms with Crippen molar-refractivity contribution in [2.45, 2.75) is 11.8 Å². The van der Waals surface area contributed by atoms with Gasteiger partial charge in [-0.25, -0.2) is 17.5 Å². The molecule has 0 aliphatic heterocycles. The van der Waals surface area contributed by atoms with Crippen LogP contribution in [0.5, 0.6) is 0 Å². The van der Waals surface area contributed by atoms with Crippen LogP contribution < -0.4 is 5.32 Å². The normalized spacial score (nSPS) is 11.3. The summed E-state index contributed by atoms with van der Waals surface area (Å²) >= 11 is 5.99. The van der Waals surface area contributed by atoms with Gasteiger partial charge in [0.05, 0.1) is 10.5 Å². The van der Waals surface area contributed by atoms with Crippen LogP contribution in [0.4, 0.5) is 5.69 Å². The fraction of sp³-hybridized carbons (Fsp3) is 0.222. The van der Waals surface area contributed by atoms with Gasteiger partial charge in [-0.1, -0.05) is 17.7 Å². The first-order chi connectivity index (χ1) is 12.6. The number of rotatable bonds is 6. The van der Waals surface area contributed by atoms with Gasteiger partial charge < -0.3 is 10.1 Å². The molecule has 7 nitrogen and oxygen atoms in total. The molecule has 1 N–H and O–H groups in total. The zero-order valence-corrected chi connectivity index (χ0v) is 16.6. The monoisotopic (exact) mass is 410 g/mol. The molecule has 2 rings (SSSR count). The highest BCUT2D eigenvalue weighted by Gasteiger charge is 2.18. The van der Waals surface area contributed by atoms with Crippen molar-refractivity contribution in [3.63, 3.8) is 0 Å². The largest absolute Gasteiger partial charge is 0.452 e. The molecule has 0 saturated carbocycles. The van der Waals surface area contributed by atoms with Crippen molar-refractivity contribution in [3.05, 3.63) is 58.6 Å². The molecule has 0 aliphatic rings. The first kappa shape index (κ1) is 20.9. The van der Waals surface area contributed by atoms with Gasteiger partial charge in [0.25, 0.3) is 5.91 Å². The van der Waals surface area contributed by atoms with E-state index in [1.165, 1.54) is 38.4 Å². The Morgan fingerprint density at radius 1 is 1.11 bits per heavy atom. The molecular weight excluding hydrogens is 392 g/mol. The number of sulfonamides is 1. The summed E-state index contributed by atoms with van der Waals surface area (Å²) in [6, 6.07) is 10.3. The second-order valence-electron chi connectivity index (χ2n) is 5.90. The molecule has 27 heavy (non-hydrogen) atoms. The molecule has 2 aromatic carbocycles. The van der Waals surface area contributed by atoms with Gasteiger partial charge in [0, 0.05) is 24.8 Å². The Bertz CT molecular complexity index is 956. The summed E-state index contributed by atoms with van der Waals surface area (Å²) in [6.07, 6.45) is 0. The van der Waals surface area contributed by atoms with Gasteiger partial charge in [-0.05, 0) is 48.9 Å². The maximum Gasteiger partial charge on any atom is 0.338 e. The molecule has 0 radical (unpaired) electrons. The molecule has 0 heterocycles. The first-order valence-corrected chi connectivity index (χ1v) is 9.69. The fourth-order valence-electron chi connectivity index (χ4n) is 2.06. The minimum absolute atomic E-state index is 0.0537. The van der Waals surface area contributed by atoms with Crippen molar-refractivity contribution in [2.75, 3.05) is 26.0 Å². The average molecular weight is 411 g/mol. The fourth-order valence-corrected chi connectivity index (χ4v) is 3.14. The van der Waals surface area contributed by atoms with Crippen LogP contribution in [0.2, 0.25) is 5.02 Å². The highest BCUT2D eigenvalue weighted by molar-refractivity contribution is 7.89. The summed E-state index contributed by atoms with van der Waals surface area (Å²) in [5.74, 6) is -1.25. The lowest BCUT2D eigenvalue weighted by Crippen LogP contribution is -2.22. The second kappa shape index (κ2) is 8.51. The van der Waals surface area contributed by atoms with Gasteiger partial charge in [-0.2, -0.15) is 0 Å². The van der Waals surface area contributed by atoms with E-state index >= 15 is 0 Å². The second-order valence-corrected chi connectivity index (χ2v) is 8.46. The predicted octanol–water partition coefficient (Wildman–Crippen LogP) is 2.69. The number of hydrogen-bond acceptors (Lipinski definition) is 5. The number of nitrogens with zero attached hydrogens (tertiary/aromatic N) is 1. The third-order valence-electron chi connectivity index (χ3n) is 3.66. The van der Waals surface area contributed by atoms with Crippen LogP contribution in [-0.4, -0.2) is 45.3 Å².